The minimum atomic E-state index is -0.732. The fourth-order valence-corrected chi connectivity index (χ4v) is 5.95. The van der Waals surface area contributed by atoms with E-state index < -0.39 is 12.6 Å². The van der Waals surface area contributed by atoms with Gasteiger partial charge in [-0.15, -0.1) is 0 Å². The van der Waals surface area contributed by atoms with Gasteiger partial charge < -0.3 is 4.74 Å². The summed E-state index contributed by atoms with van der Waals surface area (Å²) in [4.78, 5) is 53.1. The molecular weight excluding hydrogens is 406 g/mol. The van der Waals surface area contributed by atoms with E-state index in [4.69, 9.17) is 4.74 Å². The van der Waals surface area contributed by atoms with Crippen molar-refractivity contribution in [3.63, 3.8) is 0 Å². The van der Waals surface area contributed by atoms with Crippen LogP contribution < -0.4 is 4.90 Å². The summed E-state index contributed by atoms with van der Waals surface area (Å²) in [5.74, 6) is -0.968. The van der Waals surface area contributed by atoms with Crippen LogP contribution in [0.25, 0.3) is 0 Å². The molecular formula is C26H21NO5. The van der Waals surface area contributed by atoms with Gasteiger partial charge in [-0.2, -0.15) is 0 Å². The molecule has 0 unspecified atom stereocenters. The summed E-state index contributed by atoms with van der Waals surface area (Å²) in [6.45, 7) is -0.415. The van der Waals surface area contributed by atoms with Crippen molar-refractivity contribution in [1.29, 1.82) is 0 Å². The molecule has 1 heterocycles. The van der Waals surface area contributed by atoms with Gasteiger partial charge in [-0.1, -0.05) is 54.6 Å². The number of ether oxygens (including phenoxy) is 1. The van der Waals surface area contributed by atoms with E-state index in [1.54, 1.807) is 48.5 Å². The van der Waals surface area contributed by atoms with Crippen LogP contribution in [-0.4, -0.2) is 30.2 Å². The summed E-state index contributed by atoms with van der Waals surface area (Å²) in [6, 6.07) is 15.0. The van der Waals surface area contributed by atoms with Crippen LogP contribution in [0.3, 0.4) is 0 Å². The van der Waals surface area contributed by atoms with Gasteiger partial charge in [-0.05, 0) is 42.2 Å². The number of nitrogens with zero attached hydrogens (tertiary/aromatic N) is 1. The smallest absolute Gasteiger partial charge is 0.340 e. The van der Waals surface area contributed by atoms with E-state index in [1.807, 2.05) is 0 Å². The van der Waals surface area contributed by atoms with E-state index in [2.05, 4.69) is 12.2 Å². The SMILES string of the molecule is O=C(COC(=O)c1ccccc1N1C(=O)[C@H]2[C@@H]3C=C[C@H]([C@H]4C[C@H]34)[C@@H]2C1=O)c1ccccc1. The average Bonchev–Trinajstić information content (AvgIpc) is 3.61. The van der Waals surface area contributed by atoms with Crippen molar-refractivity contribution in [3.8, 4) is 0 Å². The molecule has 160 valence electrons. The highest BCUT2D eigenvalue weighted by molar-refractivity contribution is 6.24. The molecule has 0 radical (unpaired) electrons. The fourth-order valence-electron chi connectivity index (χ4n) is 5.95. The van der Waals surface area contributed by atoms with E-state index in [0.717, 1.165) is 6.42 Å². The van der Waals surface area contributed by atoms with E-state index >= 15 is 0 Å². The molecule has 1 aliphatic heterocycles. The van der Waals surface area contributed by atoms with E-state index in [-0.39, 0.29) is 52.5 Å². The second kappa shape index (κ2) is 6.99. The maximum atomic E-state index is 13.4. The van der Waals surface area contributed by atoms with Crippen molar-refractivity contribution in [2.24, 2.45) is 35.5 Å². The Morgan fingerprint density at radius 2 is 1.44 bits per heavy atom. The number of esters is 1. The van der Waals surface area contributed by atoms with Crippen molar-refractivity contribution < 1.29 is 23.9 Å². The minimum Gasteiger partial charge on any atom is -0.454 e. The highest BCUT2D eigenvalue weighted by Gasteiger charge is 2.67. The molecule has 0 spiro atoms. The summed E-state index contributed by atoms with van der Waals surface area (Å²) >= 11 is 0. The predicted molar refractivity (Wildman–Crippen MR) is 115 cm³/mol. The summed E-state index contributed by atoms with van der Waals surface area (Å²) < 4.78 is 5.26. The number of rotatable bonds is 5. The van der Waals surface area contributed by atoms with Gasteiger partial charge in [0.2, 0.25) is 11.8 Å². The van der Waals surface area contributed by atoms with Crippen molar-refractivity contribution in [3.05, 3.63) is 77.9 Å². The van der Waals surface area contributed by atoms with Crippen LogP contribution in [-0.2, 0) is 14.3 Å². The molecule has 6 nitrogen and oxygen atoms in total. The number of hydrogen-bond acceptors (Lipinski definition) is 5. The first-order chi connectivity index (χ1) is 15.6. The van der Waals surface area contributed by atoms with Crippen LogP contribution in [0.1, 0.15) is 27.1 Å². The number of allylic oxidation sites excluding steroid dienone is 2. The zero-order valence-electron chi connectivity index (χ0n) is 17.2. The Balaban J connectivity index is 1.25. The summed E-state index contributed by atoms with van der Waals surface area (Å²) in [7, 11) is 0. The van der Waals surface area contributed by atoms with Crippen LogP contribution in [0, 0.1) is 35.5 Å². The second-order valence-corrected chi connectivity index (χ2v) is 9.05. The third-order valence-corrected chi connectivity index (χ3v) is 7.46. The Kier molecular flexibility index (Phi) is 4.18. The Bertz CT molecular complexity index is 1150. The lowest BCUT2D eigenvalue weighted by Gasteiger charge is -2.37. The number of ketones is 1. The highest BCUT2D eigenvalue weighted by Crippen LogP contribution is 2.65. The molecule has 2 amide bonds. The van der Waals surface area contributed by atoms with Gasteiger partial charge in [0.05, 0.1) is 23.1 Å². The molecule has 7 rings (SSSR count). The molecule has 2 saturated carbocycles. The van der Waals surface area contributed by atoms with Crippen LogP contribution in [0.2, 0.25) is 0 Å². The first-order valence-electron chi connectivity index (χ1n) is 11.0. The summed E-state index contributed by atoms with van der Waals surface area (Å²) in [5, 5.41) is 0. The number of para-hydroxylation sites is 1. The quantitative estimate of drug-likeness (QED) is 0.317. The van der Waals surface area contributed by atoms with Gasteiger partial charge in [-0.3, -0.25) is 14.4 Å². The van der Waals surface area contributed by atoms with Gasteiger partial charge in [0.15, 0.2) is 12.4 Å². The zero-order chi connectivity index (χ0) is 22.0. The van der Waals surface area contributed by atoms with E-state index in [0.29, 0.717) is 17.4 Å². The lowest BCUT2D eigenvalue weighted by Crippen LogP contribution is -2.40. The molecule has 6 atom stereocenters. The lowest BCUT2D eigenvalue weighted by molar-refractivity contribution is -0.124. The predicted octanol–water partition coefficient (Wildman–Crippen LogP) is 3.28. The molecule has 0 aromatic heterocycles. The molecule has 2 aromatic carbocycles. The van der Waals surface area contributed by atoms with Crippen LogP contribution >= 0.6 is 0 Å². The Labute approximate surface area is 184 Å². The maximum Gasteiger partial charge on any atom is 0.340 e. The number of benzene rings is 2. The van der Waals surface area contributed by atoms with Crippen molar-refractivity contribution >= 4 is 29.3 Å². The van der Waals surface area contributed by atoms with Gasteiger partial charge in [0.25, 0.3) is 0 Å². The van der Waals surface area contributed by atoms with Crippen molar-refractivity contribution in [2.45, 2.75) is 6.42 Å². The lowest BCUT2D eigenvalue weighted by atomic mass is 9.63. The summed E-state index contributed by atoms with van der Waals surface area (Å²) in [6.07, 6.45) is 5.32. The van der Waals surface area contributed by atoms with Gasteiger partial charge in [0.1, 0.15) is 0 Å². The highest BCUT2D eigenvalue weighted by atomic mass is 16.5. The molecule has 3 fully saturated rings. The van der Waals surface area contributed by atoms with Gasteiger partial charge in [-0.25, -0.2) is 9.69 Å². The van der Waals surface area contributed by atoms with Crippen LogP contribution in [0.5, 0.6) is 0 Å². The molecule has 2 bridgehead atoms. The second-order valence-electron chi connectivity index (χ2n) is 9.05. The number of Topliss-reactive ketones (excluding diaryl/α,β-unsaturated/α-hetero) is 1. The average molecular weight is 427 g/mol. The summed E-state index contributed by atoms with van der Waals surface area (Å²) in [5.41, 5.74) is 0.797. The zero-order valence-corrected chi connectivity index (χ0v) is 17.2. The fraction of sp³-hybridized carbons (Fsp3) is 0.308. The molecule has 0 N–H and O–H groups in total. The van der Waals surface area contributed by atoms with Gasteiger partial charge >= 0.3 is 5.97 Å². The molecule has 32 heavy (non-hydrogen) atoms. The number of amides is 2. The Morgan fingerprint density at radius 1 is 0.844 bits per heavy atom. The molecule has 1 saturated heterocycles. The monoisotopic (exact) mass is 427 g/mol. The number of carbonyl (C=O) groups is 4. The minimum absolute atomic E-state index is 0.110. The Morgan fingerprint density at radius 3 is 2.09 bits per heavy atom. The number of hydrogen-bond donors (Lipinski definition) is 0. The maximum absolute atomic E-state index is 13.4. The number of imide groups is 1. The standard InChI is InChI=1S/C26H21NO5/c28-21(14-6-2-1-3-7-14)13-32-26(31)17-8-4-5-9-20(17)27-24(29)22-15-10-11-16(19-12-18(15)19)23(22)25(27)30/h1-11,15-16,18-19,22-23H,12-13H2/t15-,16-,18-,19-,22+,23+/m1/s1. The van der Waals surface area contributed by atoms with Crippen LogP contribution in [0.4, 0.5) is 5.69 Å². The first kappa shape index (κ1) is 19.2. The number of carbonyl (C=O) groups excluding carboxylic acids is 4. The van der Waals surface area contributed by atoms with Gasteiger partial charge in [0, 0.05) is 5.56 Å². The largest absolute Gasteiger partial charge is 0.454 e. The van der Waals surface area contributed by atoms with E-state index in [9.17, 15) is 19.2 Å². The number of anilines is 1. The third kappa shape index (κ3) is 2.72. The van der Waals surface area contributed by atoms with E-state index in [1.165, 1.54) is 11.0 Å². The molecule has 4 aliphatic carbocycles. The third-order valence-electron chi connectivity index (χ3n) is 7.46. The van der Waals surface area contributed by atoms with Crippen molar-refractivity contribution in [2.75, 3.05) is 11.5 Å². The first-order valence-corrected chi connectivity index (χ1v) is 11.0. The van der Waals surface area contributed by atoms with Crippen LogP contribution in [0.15, 0.2) is 66.7 Å². The molecule has 6 heteroatoms. The molecule has 2 aromatic rings. The topological polar surface area (TPSA) is 80.8 Å². The van der Waals surface area contributed by atoms with Crippen molar-refractivity contribution in [1.82, 2.24) is 0 Å². The molecule has 5 aliphatic rings. The normalized spacial score (nSPS) is 31.3. The Hall–Kier alpha value is -3.54.